The number of rotatable bonds is 3. The Labute approximate surface area is 143 Å². The maximum Gasteiger partial charge on any atom is 0.193 e. The number of aryl methyl sites for hydroxylation is 2. The summed E-state index contributed by atoms with van der Waals surface area (Å²) in [6, 6.07) is 14.2. The molecular formula is C22H22O2. The van der Waals surface area contributed by atoms with Crippen LogP contribution in [0, 0.1) is 27.7 Å². The van der Waals surface area contributed by atoms with E-state index in [-0.39, 0.29) is 5.78 Å². The average molecular weight is 318 g/mol. The van der Waals surface area contributed by atoms with Crippen molar-refractivity contribution >= 4 is 16.6 Å². The van der Waals surface area contributed by atoms with Crippen LogP contribution in [0.15, 0.2) is 42.5 Å². The van der Waals surface area contributed by atoms with Gasteiger partial charge in [-0.3, -0.25) is 4.79 Å². The van der Waals surface area contributed by atoms with Crippen molar-refractivity contribution in [1.82, 2.24) is 0 Å². The third-order valence-electron chi connectivity index (χ3n) is 4.75. The van der Waals surface area contributed by atoms with Crippen molar-refractivity contribution in [3.8, 4) is 5.75 Å². The van der Waals surface area contributed by atoms with E-state index in [9.17, 15) is 4.79 Å². The van der Waals surface area contributed by atoms with Crippen LogP contribution in [0.3, 0.4) is 0 Å². The normalized spacial score (nSPS) is 10.9. The maximum absolute atomic E-state index is 13.1. The first kappa shape index (κ1) is 16.3. The zero-order valence-electron chi connectivity index (χ0n) is 14.9. The van der Waals surface area contributed by atoms with Crippen LogP contribution in [-0.2, 0) is 0 Å². The van der Waals surface area contributed by atoms with Gasteiger partial charge in [0, 0.05) is 11.1 Å². The fourth-order valence-corrected chi connectivity index (χ4v) is 3.26. The number of fused-ring (bicyclic) bond motifs is 1. The van der Waals surface area contributed by atoms with Gasteiger partial charge in [0.05, 0.1) is 7.11 Å². The molecule has 0 saturated carbocycles. The van der Waals surface area contributed by atoms with Crippen LogP contribution in [-0.4, -0.2) is 12.9 Å². The standard InChI is InChI=1S/C22H22O2/c1-13-6-7-18-12-19(9-8-17(18)10-13)22(23)21-14(2)11-20(24-5)15(3)16(21)4/h6-12H,1-5H3. The van der Waals surface area contributed by atoms with Gasteiger partial charge in [-0.25, -0.2) is 0 Å². The Balaban J connectivity index is 2.13. The zero-order chi connectivity index (χ0) is 17.4. The van der Waals surface area contributed by atoms with Crippen LogP contribution in [0.5, 0.6) is 5.75 Å². The Morgan fingerprint density at radius 2 is 1.50 bits per heavy atom. The smallest absolute Gasteiger partial charge is 0.193 e. The van der Waals surface area contributed by atoms with Crippen LogP contribution < -0.4 is 4.74 Å². The van der Waals surface area contributed by atoms with Crippen molar-refractivity contribution in [3.63, 3.8) is 0 Å². The second kappa shape index (κ2) is 6.12. The van der Waals surface area contributed by atoms with E-state index in [0.29, 0.717) is 0 Å². The zero-order valence-corrected chi connectivity index (χ0v) is 14.9. The molecule has 24 heavy (non-hydrogen) atoms. The quantitative estimate of drug-likeness (QED) is 0.611. The molecule has 0 heterocycles. The lowest BCUT2D eigenvalue weighted by Crippen LogP contribution is -2.08. The van der Waals surface area contributed by atoms with Crippen LogP contribution >= 0.6 is 0 Å². The molecule has 3 rings (SSSR count). The van der Waals surface area contributed by atoms with E-state index in [0.717, 1.165) is 44.3 Å². The van der Waals surface area contributed by atoms with Crippen LogP contribution in [0.25, 0.3) is 10.8 Å². The molecule has 0 aromatic heterocycles. The van der Waals surface area contributed by atoms with E-state index in [1.165, 1.54) is 5.56 Å². The van der Waals surface area contributed by atoms with Gasteiger partial charge in [0.1, 0.15) is 5.75 Å². The first-order chi connectivity index (χ1) is 11.4. The van der Waals surface area contributed by atoms with E-state index >= 15 is 0 Å². The molecule has 0 N–H and O–H groups in total. The van der Waals surface area contributed by atoms with Crippen molar-refractivity contribution < 1.29 is 9.53 Å². The number of hydrogen-bond acceptors (Lipinski definition) is 2. The fourth-order valence-electron chi connectivity index (χ4n) is 3.26. The van der Waals surface area contributed by atoms with Crippen molar-refractivity contribution in [2.45, 2.75) is 27.7 Å². The first-order valence-electron chi connectivity index (χ1n) is 8.12. The lowest BCUT2D eigenvalue weighted by atomic mass is 9.90. The molecule has 3 aromatic carbocycles. The number of carbonyl (C=O) groups is 1. The molecule has 2 heteroatoms. The number of benzene rings is 3. The maximum atomic E-state index is 13.1. The summed E-state index contributed by atoms with van der Waals surface area (Å²) in [7, 11) is 1.66. The summed E-state index contributed by atoms with van der Waals surface area (Å²) in [5, 5.41) is 2.25. The van der Waals surface area contributed by atoms with Gasteiger partial charge < -0.3 is 4.74 Å². The SMILES string of the molecule is COc1cc(C)c(C(=O)c2ccc3cc(C)ccc3c2)c(C)c1C. The minimum Gasteiger partial charge on any atom is -0.496 e. The first-order valence-corrected chi connectivity index (χ1v) is 8.12. The van der Waals surface area contributed by atoms with Gasteiger partial charge in [-0.15, -0.1) is 0 Å². The largest absolute Gasteiger partial charge is 0.496 e. The minimum absolute atomic E-state index is 0.0678. The molecule has 0 radical (unpaired) electrons. The van der Waals surface area contributed by atoms with Crippen LogP contribution in [0.4, 0.5) is 0 Å². The van der Waals surface area contributed by atoms with Crippen molar-refractivity contribution in [2.24, 2.45) is 0 Å². The number of methoxy groups -OCH3 is 1. The van der Waals surface area contributed by atoms with Crippen LogP contribution in [0.2, 0.25) is 0 Å². The molecule has 0 saturated heterocycles. The lowest BCUT2D eigenvalue weighted by Gasteiger charge is -2.15. The van der Waals surface area contributed by atoms with Gasteiger partial charge in [0.15, 0.2) is 5.78 Å². The third kappa shape index (κ3) is 2.69. The Hall–Kier alpha value is -2.61. The molecule has 0 atom stereocenters. The summed E-state index contributed by atoms with van der Waals surface area (Å²) in [4.78, 5) is 13.1. The molecular weight excluding hydrogens is 296 g/mol. The molecule has 3 aromatic rings. The summed E-state index contributed by atoms with van der Waals surface area (Å²) in [5.41, 5.74) is 5.67. The van der Waals surface area contributed by atoms with Crippen molar-refractivity contribution in [2.75, 3.05) is 7.11 Å². The van der Waals surface area contributed by atoms with Gasteiger partial charge in [-0.2, -0.15) is 0 Å². The average Bonchev–Trinajstić information content (AvgIpc) is 2.57. The van der Waals surface area contributed by atoms with Gasteiger partial charge >= 0.3 is 0 Å². The fraction of sp³-hybridized carbons (Fsp3) is 0.227. The molecule has 2 nitrogen and oxygen atoms in total. The highest BCUT2D eigenvalue weighted by Crippen LogP contribution is 2.29. The number of ether oxygens (including phenoxy) is 1. The van der Waals surface area contributed by atoms with Gasteiger partial charge in [0.25, 0.3) is 0 Å². The third-order valence-corrected chi connectivity index (χ3v) is 4.75. The number of hydrogen-bond donors (Lipinski definition) is 0. The molecule has 0 fully saturated rings. The molecule has 122 valence electrons. The second-order valence-electron chi connectivity index (χ2n) is 6.42. The van der Waals surface area contributed by atoms with Gasteiger partial charge in [0.2, 0.25) is 0 Å². The van der Waals surface area contributed by atoms with E-state index in [2.05, 4.69) is 25.1 Å². The van der Waals surface area contributed by atoms with Gasteiger partial charge in [-0.05, 0) is 67.3 Å². The van der Waals surface area contributed by atoms with E-state index < -0.39 is 0 Å². The van der Waals surface area contributed by atoms with Crippen LogP contribution in [0.1, 0.15) is 38.2 Å². The van der Waals surface area contributed by atoms with Crippen molar-refractivity contribution in [3.05, 3.63) is 75.8 Å². The molecule has 0 spiro atoms. The Morgan fingerprint density at radius 3 is 2.21 bits per heavy atom. The highest BCUT2D eigenvalue weighted by Gasteiger charge is 2.18. The molecule has 0 amide bonds. The molecule has 0 aliphatic carbocycles. The topological polar surface area (TPSA) is 26.3 Å². The summed E-state index contributed by atoms with van der Waals surface area (Å²) in [5.74, 6) is 0.897. The Bertz CT molecular complexity index is 952. The second-order valence-corrected chi connectivity index (χ2v) is 6.42. The Kier molecular flexibility index (Phi) is 4.15. The highest BCUT2D eigenvalue weighted by molar-refractivity contribution is 6.12. The van der Waals surface area contributed by atoms with Gasteiger partial charge in [-0.1, -0.05) is 35.9 Å². The lowest BCUT2D eigenvalue weighted by molar-refractivity contribution is 0.103. The molecule has 0 aliphatic heterocycles. The summed E-state index contributed by atoms with van der Waals surface area (Å²) in [6.07, 6.45) is 0. The molecule has 0 unspecified atom stereocenters. The number of ketones is 1. The number of carbonyl (C=O) groups excluding carboxylic acids is 1. The highest BCUT2D eigenvalue weighted by atomic mass is 16.5. The summed E-state index contributed by atoms with van der Waals surface area (Å²) < 4.78 is 5.40. The Morgan fingerprint density at radius 1 is 0.833 bits per heavy atom. The summed E-state index contributed by atoms with van der Waals surface area (Å²) >= 11 is 0. The van der Waals surface area contributed by atoms with E-state index in [1.54, 1.807) is 7.11 Å². The predicted octanol–water partition coefficient (Wildman–Crippen LogP) is 5.31. The molecule has 0 aliphatic rings. The summed E-state index contributed by atoms with van der Waals surface area (Å²) in [6.45, 7) is 8.02. The van der Waals surface area contributed by atoms with Crippen molar-refractivity contribution in [1.29, 1.82) is 0 Å². The van der Waals surface area contributed by atoms with E-state index in [4.69, 9.17) is 4.74 Å². The minimum atomic E-state index is 0.0678. The molecule has 0 bridgehead atoms. The van der Waals surface area contributed by atoms with E-state index in [1.807, 2.05) is 45.0 Å². The predicted molar refractivity (Wildman–Crippen MR) is 99.3 cm³/mol. The monoisotopic (exact) mass is 318 g/mol.